The summed E-state index contributed by atoms with van der Waals surface area (Å²) in [4.78, 5) is 0. The van der Waals surface area contributed by atoms with Crippen molar-refractivity contribution in [2.45, 2.75) is 64.8 Å². The molecule has 0 radical (unpaired) electrons. The second kappa shape index (κ2) is 11.8. The number of nitrogens with zero attached hydrogens (tertiary/aromatic N) is 2. The van der Waals surface area contributed by atoms with Gasteiger partial charge in [0.15, 0.2) is 0 Å². The molecule has 0 spiro atoms. The summed E-state index contributed by atoms with van der Waals surface area (Å²) in [6.45, 7) is 4.84. The molecule has 0 unspecified atom stereocenters. The lowest BCUT2D eigenvalue weighted by Gasteiger charge is -2.04. The van der Waals surface area contributed by atoms with Crippen LogP contribution in [0.2, 0.25) is 0 Å². The van der Waals surface area contributed by atoms with E-state index in [4.69, 9.17) is 4.74 Å². The fraction of sp³-hybridized carbons (Fsp3) is 0.812. The van der Waals surface area contributed by atoms with Gasteiger partial charge in [-0.15, -0.1) is 0 Å². The second-order valence-corrected chi connectivity index (χ2v) is 5.39. The molecule has 0 aliphatic carbocycles. The molecular weight excluding hydrogens is 250 g/mol. The van der Waals surface area contributed by atoms with Crippen LogP contribution in [0, 0.1) is 0 Å². The van der Waals surface area contributed by atoms with Crippen LogP contribution >= 0.6 is 0 Å². The largest absolute Gasteiger partial charge is 0.383 e. The first-order valence-electron chi connectivity index (χ1n) is 8.12. The average Bonchev–Trinajstić information content (AvgIpc) is 2.91. The van der Waals surface area contributed by atoms with E-state index in [-0.39, 0.29) is 0 Å². The highest BCUT2D eigenvalue weighted by Gasteiger charge is 1.97. The van der Waals surface area contributed by atoms with Crippen LogP contribution < -0.4 is 5.32 Å². The van der Waals surface area contributed by atoms with Gasteiger partial charge < -0.3 is 10.1 Å². The minimum absolute atomic E-state index is 0.707. The Morgan fingerprint density at radius 3 is 2.50 bits per heavy atom. The lowest BCUT2D eigenvalue weighted by molar-refractivity contribution is 0.183. The van der Waals surface area contributed by atoms with Gasteiger partial charge in [-0.05, 0) is 6.42 Å². The van der Waals surface area contributed by atoms with Crippen molar-refractivity contribution in [2.24, 2.45) is 0 Å². The van der Waals surface area contributed by atoms with Crippen LogP contribution in [-0.4, -0.2) is 30.0 Å². The highest BCUT2D eigenvalue weighted by molar-refractivity contribution is 5.37. The van der Waals surface area contributed by atoms with Crippen LogP contribution in [0.15, 0.2) is 12.4 Å². The molecular formula is C16H31N3O. The van der Waals surface area contributed by atoms with Gasteiger partial charge in [-0.2, -0.15) is 5.10 Å². The number of unbranched alkanes of at least 4 members (excludes halogenated alkanes) is 7. The number of aromatic nitrogens is 2. The average molecular weight is 281 g/mol. The molecule has 0 saturated carbocycles. The van der Waals surface area contributed by atoms with E-state index in [0.29, 0.717) is 6.61 Å². The molecule has 20 heavy (non-hydrogen) atoms. The van der Waals surface area contributed by atoms with Crippen LogP contribution in [0.25, 0.3) is 0 Å². The fourth-order valence-corrected chi connectivity index (χ4v) is 2.25. The Bertz CT molecular complexity index is 325. The first-order chi connectivity index (χ1) is 9.86. The molecule has 0 saturated heterocycles. The van der Waals surface area contributed by atoms with Crippen molar-refractivity contribution in [3.8, 4) is 0 Å². The fourth-order valence-electron chi connectivity index (χ4n) is 2.25. The third kappa shape index (κ3) is 8.20. The van der Waals surface area contributed by atoms with Crippen molar-refractivity contribution in [3.63, 3.8) is 0 Å². The minimum Gasteiger partial charge on any atom is -0.383 e. The van der Waals surface area contributed by atoms with Crippen LogP contribution in [0.3, 0.4) is 0 Å². The van der Waals surface area contributed by atoms with Gasteiger partial charge in [0, 0.05) is 19.9 Å². The van der Waals surface area contributed by atoms with Gasteiger partial charge in [0.2, 0.25) is 0 Å². The molecule has 1 rings (SSSR count). The van der Waals surface area contributed by atoms with E-state index in [9.17, 15) is 0 Å². The number of hydrogen-bond donors (Lipinski definition) is 1. The molecule has 1 aromatic rings. The summed E-state index contributed by atoms with van der Waals surface area (Å²) in [6.07, 6.45) is 14.8. The topological polar surface area (TPSA) is 39.1 Å². The van der Waals surface area contributed by atoms with Crippen LogP contribution in [0.4, 0.5) is 5.69 Å². The van der Waals surface area contributed by atoms with E-state index < -0.39 is 0 Å². The molecule has 1 N–H and O–H groups in total. The summed E-state index contributed by atoms with van der Waals surface area (Å²) in [7, 11) is 1.71. The summed E-state index contributed by atoms with van der Waals surface area (Å²) < 4.78 is 6.95. The predicted molar refractivity (Wildman–Crippen MR) is 85.2 cm³/mol. The second-order valence-electron chi connectivity index (χ2n) is 5.39. The third-order valence-corrected chi connectivity index (χ3v) is 3.52. The maximum Gasteiger partial charge on any atom is 0.0726 e. The molecule has 0 aliphatic rings. The number of rotatable bonds is 13. The van der Waals surface area contributed by atoms with Crippen LogP contribution in [0.5, 0.6) is 0 Å². The van der Waals surface area contributed by atoms with E-state index in [1.807, 2.05) is 17.1 Å². The van der Waals surface area contributed by atoms with Gasteiger partial charge in [0.05, 0.1) is 25.0 Å². The van der Waals surface area contributed by atoms with E-state index >= 15 is 0 Å². The Kier molecular flexibility index (Phi) is 10.0. The van der Waals surface area contributed by atoms with Gasteiger partial charge in [-0.1, -0.05) is 51.9 Å². The van der Waals surface area contributed by atoms with Gasteiger partial charge >= 0.3 is 0 Å². The Balaban J connectivity index is 1.94. The molecule has 0 aliphatic heterocycles. The smallest absolute Gasteiger partial charge is 0.0726 e. The number of nitrogens with one attached hydrogen (secondary N) is 1. The number of methoxy groups -OCH3 is 1. The molecule has 0 amide bonds. The summed E-state index contributed by atoms with van der Waals surface area (Å²) in [6, 6.07) is 0. The van der Waals surface area contributed by atoms with Crippen molar-refractivity contribution in [3.05, 3.63) is 12.4 Å². The van der Waals surface area contributed by atoms with Gasteiger partial charge in [-0.25, -0.2) is 0 Å². The van der Waals surface area contributed by atoms with Crippen LogP contribution in [-0.2, 0) is 11.3 Å². The van der Waals surface area contributed by atoms with E-state index in [2.05, 4.69) is 17.3 Å². The summed E-state index contributed by atoms with van der Waals surface area (Å²) in [5, 5.41) is 7.71. The van der Waals surface area contributed by atoms with Gasteiger partial charge in [-0.3, -0.25) is 4.68 Å². The van der Waals surface area contributed by atoms with Crippen molar-refractivity contribution in [1.82, 2.24) is 9.78 Å². The molecule has 0 bridgehead atoms. The summed E-state index contributed by atoms with van der Waals surface area (Å²) in [5.41, 5.74) is 1.11. The predicted octanol–water partition coefficient (Wildman–Crippen LogP) is 4.08. The molecule has 1 aromatic heterocycles. The molecule has 4 nitrogen and oxygen atoms in total. The SMILES string of the molecule is CCCCCCCCCCNc1cnn(CCOC)c1. The maximum absolute atomic E-state index is 5.03. The van der Waals surface area contributed by atoms with E-state index in [1.54, 1.807) is 7.11 Å². The lowest BCUT2D eigenvalue weighted by atomic mass is 10.1. The van der Waals surface area contributed by atoms with Crippen molar-refractivity contribution in [2.75, 3.05) is 25.6 Å². The highest BCUT2D eigenvalue weighted by Crippen LogP contribution is 2.09. The first kappa shape index (κ1) is 17.0. The zero-order valence-corrected chi connectivity index (χ0v) is 13.2. The van der Waals surface area contributed by atoms with Crippen molar-refractivity contribution < 1.29 is 4.74 Å². The maximum atomic E-state index is 5.03. The monoisotopic (exact) mass is 281 g/mol. The van der Waals surface area contributed by atoms with E-state index in [0.717, 1.165) is 18.8 Å². The number of ether oxygens (including phenoxy) is 1. The molecule has 0 aromatic carbocycles. The van der Waals surface area contributed by atoms with E-state index in [1.165, 1.54) is 51.4 Å². The Morgan fingerprint density at radius 1 is 1.10 bits per heavy atom. The van der Waals surface area contributed by atoms with Crippen molar-refractivity contribution >= 4 is 5.69 Å². The zero-order chi connectivity index (χ0) is 14.5. The quantitative estimate of drug-likeness (QED) is 0.554. The third-order valence-electron chi connectivity index (χ3n) is 3.52. The van der Waals surface area contributed by atoms with Gasteiger partial charge in [0.1, 0.15) is 0 Å². The summed E-state index contributed by atoms with van der Waals surface area (Å²) in [5.74, 6) is 0. The van der Waals surface area contributed by atoms with Crippen LogP contribution in [0.1, 0.15) is 58.3 Å². The molecule has 4 heteroatoms. The minimum atomic E-state index is 0.707. The number of anilines is 1. The zero-order valence-electron chi connectivity index (χ0n) is 13.2. The highest BCUT2D eigenvalue weighted by atomic mass is 16.5. The summed E-state index contributed by atoms with van der Waals surface area (Å²) >= 11 is 0. The Hall–Kier alpha value is -1.03. The van der Waals surface area contributed by atoms with Gasteiger partial charge in [0.25, 0.3) is 0 Å². The first-order valence-corrected chi connectivity index (χ1v) is 8.12. The lowest BCUT2D eigenvalue weighted by Crippen LogP contribution is -2.04. The standard InChI is InChI=1S/C16H31N3O/c1-3-4-5-6-7-8-9-10-11-17-16-14-18-19(15-16)12-13-20-2/h14-15,17H,3-13H2,1-2H3. The Morgan fingerprint density at radius 2 is 1.80 bits per heavy atom. The normalized spacial score (nSPS) is 10.9. The van der Waals surface area contributed by atoms with Crippen molar-refractivity contribution in [1.29, 1.82) is 0 Å². The molecule has 0 atom stereocenters. The number of hydrogen-bond acceptors (Lipinski definition) is 3. The Labute approximate surface area is 123 Å². The molecule has 0 fully saturated rings. The molecule has 1 heterocycles. The molecule has 116 valence electrons.